The maximum atomic E-state index is 12.7. The van der Waals surface area contributed by atoms with Crippen LogP contribution < -0.4 is 5.73 Å². The van der Waals surface area contributed by atoms with Crippen LogP contribution in [0.15, 0.2) is 30.9 Å². The third-order valence-electron chi connectivity index (χ3n) is 1.80. The van der Waals surface area contributed by atoms with E-state index in [0.717, 1.165) is 12.1 Å². The van der Waals surface area contributed by atoms with E-state index in [9.17, 15) is 14.5 Å². The molecule has 0 aliphatic heterocycles. The Kier molecular flexibility index (Phi) is 2.93. The molecule has 1 rings (SSSR count). The zero-order chi connectivity index (χ0) is 10.7. The molecule has 14 heavy (non-hydrogen) atoms. The van der Waals surface area contributed by atoms with E-state index in [-0.39, 0.29) is 11.3 Å². The molecule has 2 N–H and O–H groups in total. The highest BCUT2D eigenvalue weighted by atomic mass is 19.1. The van der Waals surface area contributed by atoms with Gasteiger partial charge < -0.3 is 5.73 Å². The molecule has 0 heterocycles. The number of hydrogen-bond donors (Lipinski definition) is 1. The first kappa shape index (κ1) is 10.3. The summed E-state index contributed by atoms with van der Waals surface area (Å²) in [6.45, 7) is 3.42. The van der Waals surface area contributed by atoms with Crippen LogP contribution in [0.2, 0.25) is 0 Å². The van der Waals surface area contributed by atoms with E-state index in [1.807, 2.05) is 0 Å². The lowest BCUT2D eigenvalue weighted by Gasteiger charge is -2.06. The fourth-order valence-corrected chi connectivity index (χ4v) is 1.08. The fourth-order valence-electron chi connectivity index (χ4n) is 1.08. The monoisotopic (exact) mass is 196 g/mol. The van der Waals surface area contributed by atoms with Crippen molar-refractivity contribution in [1.82, 2.24) is 0 Å². The van der Waals surface area contributed by atoms with Crippen molar-refractivity contribution in [3.63, 3.8) is 0 Å². The van der Waals surface area contributed by atoms with E-state index < -0.39 is 16.8 Å². The molecule has 0 aliphatic rings. The molecule has 0 fully saturated rings. The Labute approximate surface area is 80.0 Å². The lowest BCUT2D eigenvalue weighted by Crippen LogP contribution is -2.09. The number of hydrogen-bond acceptors (Lipinski definition) is 3. The van der Waals surface area contributed by atoms with Gasteiger partial charge in [0.05, 0.1) is 22.6 Å². The first-order valence-corrected chi connectivity index (χ1v) is 3.88. The van der Waals surface area contributed by atoms with Crippen LogP contribution in [0, 0.1) is 15.9 Å². The highest BCUT2D eigenvalue weighted by Gasteiger charge is 2.17. The summed E-state index contributed by atoms with van der Waals surface area (Å²) in [7, 11) is 0. The minimum atomic E-state index is -0.665. The first-order chi connectivity index (χ1) is 6.56. The van der Waals surface area contributed by atoms with Gasteiger partial charge in [0.1, 0.15) is 5.82 Å². The molecule has 0 aromatic heterocycles. The summed E-state index contributed by atoms with van der Waals surface area (Å²) < 4.78 is 12.7. The molecular weight excluding hydrogens is 187 g/mol. The second kappa shape index (κ2) is 3.97. The summed E-state index contributed by atoms with van der Waals surface area (Å²) in [5.74, 6) is -0.656. The fraction of sp³-hybridized carbons (Fsp3) is 0.111. The molecule has 0 saturated carbocycles. The van der Waals surface area contributed by atoms with E-state index in [4.69, 9.17) is 5.73 Å². The Morgan fingerprint density at radius 1 is 1.64 bits per heavy atom. The molecule has 0 aliphatic carbocycles. The zero-order valence-corrected chi connectivity index (χ0v) is 7.31. The van der Waals surface area contributed by atoms with Crippen LogP contribution in [0.4, 0.5) is 10.1 Å². The number of nitrogens with two attached hydrogens (primary N) is 1. The molecule has 5 heteroatoms. The second-order valence-corrected chi connectivity index (χ2v) is 2.72. The van der Waals surface area contributed by atoms with Crippen LogP contribution in [0.5, 0.6) is 0 Å². The summed E-state index contributed by atoms with van der Waals surface area (Å²) in [6.07, 6.45) is 1.36. The maximum Gasteiger partial charge on any atom is 0.277 e. The van der Waals surface area contributed by atoms with Gasteiger partial charge in [-0.1, -0.05) is 6.08 Å². The van der Waals surface area contributed by atoms with Crippen LogP contribution in [-0.4, -0.2) is 4.92 Å². The van der Waals surface area contributed by atoms with Crippen LogP contribution in [-0.2, 0) is 0 Å². The van der Waals surface area contributed by atoms with E-state index in [1.165, 1.54) is 12.1 Å². The first-order valence-electron chi connectivity index (χ1n) is 3.88. The van der Waals surface area contributed by atoms with E-state index >= 15 is 0 Å². The molecule has 0 amide bonds. The van der Waals surface area contributed by atoms with Crippen molar-refractivity contribution < 1.29 is 9.31 Å². The molecule has 1 aromatic rings. The molecule has 0 unspecified atom stereocenters. The molecular formula is C9H9FN2O2. The standard InChI is InChI=1S/C9H9FN2O2/c1-2-8(11)7-4-3-6(10)5-9(7)12(13)14/h2-5,8H,1,11H2/t8-/m1/s1. The van der Waals surface area contributed by atoms with Gasteiger partial charge in [-0.3, -0.25) is 10.1 Å². The Morgan fingerprint density at radius 2 is 2.29 bits per heavy atom. The van der Waals surface area contributed by atoms with Crippen molar-refractivity contribution in [3.8, 4) is 0 Å². The van der Waals surface area contributed by atoms with Gasteiger partial charge in [0, 0.05) is 0 Å². The number of benzene rings is 1. The summed E-state index contributed by atoms with van der Waals surface area (Å²) in [5.41, 5.74) is 5.47. The molecule has 0 saturated heterocycles. The van der Waals surface area contributed by atoms with E-state index in [1.54, 1.807) is 0 Å². The van der Waals surface area contributed by atoms with Crippen LogP contribution in [0.25, 0.3) is 0 Å². The minimum absolute atomic E-state index is 0.256. The molecule has 4 nitrogen and oxygen atoms in total. The quantitative estimate of drug-likeness (QED) is 0.456. The van der Waals surface area contributed by atoms with Crippen LogP contribution in [0.3, 0.4) is 0 Å². The summed E-state index contributed by atoms with van der Waals surface area (Å²) in [5, 5.41) is 10.5. The Bertz CT molecular complexity index is 379. The van der Waals surface area contributed by atoms with Gasteiger partial charge in [-0.2, -0.15) is 0 Å². The Hall–Kier alpha value is -1.75. The van der Waals surface area contributed by atoms with Crippen molar-refractivity contribution in [2.75, 3.05) is 0 Å². The molecule has 0 radical (unpaired) electrons. The highest BCUT2D eigenvalue weighted by molar-refractivity contribution is 5.43. The Morgan fingerprint density at radius 3 is 2.79 bits per heavy atom. The average molecular weight is 196 g/mol. The van der Waals surface area contributed by atoms with E-state index in [2.05, 4.69) is 6.58 Å². The summed E-state index contributed by atoms with van der Waals surface area (Å²) >= 11 is 0. The lowest BCUT2D eigenvalue weighted by molar-refractivity contribution is -0.385. The minimum Gasteiger partial charge on any atom is -0.321 e. The summed E-state index contributed by atoms with van der Waals surface area (Å²) in [4.78, 5) is 9.88. The number of rotatable bonds is 3. The zero-order valence-electron chi connectivity index (χ0n) is 7.31. The van der Waals surface area contributed by atoms with Crippen molar-refractivity contribution in [3.05, 3.63) is 52.3 Å². The second-order valence-electron chi connectivity index (χ2n) is 2.72. The predicted octanol–water partition coefficient (Wildman–Crippen LogP) is 1.92. The molecule has 1 aromatic carbocycles. The normalized spacial score (nSPS) is 12.1. The maximum absolute atomic E-state index is 12.7. The van der Waals surface area contributed by atoms with E-state index in [0.29, 0.717) is 0 Å². The molecule has 0 bridgehead atoms. The topological polar surface area (TPSA) is 69.2 Å². The van der Waals surface area contributed by atoms with Gasteiger partial charge in [0.2, 0.25) is 0 Å². The SMILES string of the molecule is C=C[C@@H](N)c1ccc(F)cc1[N+](=O)[O-]. The van der Waals surface area contributed by atoms with Crippen molar-refractivity contribution >= 4 is 5.69 Å². The number of nitrogens with zero attached hydrogens (tertiary/aromatic N) is 1. The number of halogens is 1. The van der Waals surface area contributed by atoms with Crippen LogP contribution >= 0.6 is 0 Å². The largest absolute Gasteiger partial charge is 0.321 e. The number of nitro benzene ring substituents is 1. The summed E-state index contributed by atoms with van der Waals surface area (Å²) in [6, 6.07) is 2.61. The van der Waals surface area contributed by atoms with Gasteiger partial charge in [-0.25, -0.2) is 4.39 Å². The van der Waals surface area contributed by atoms with Gasteiger partial charge in [-0.05, 0) is 12.1 Å². The van der Waals surface area contributed by atoms with Crippen LogP contribution in [0.1, 0.15) is 11.6 Å². The van der Waals surface area contributed by atoms with Crippen molar-refractivity contribution in [2.24, 2.45) is 5.73 Å². The highest BCUT2D eigenvalue weighted by Crippen LogP contribution is 2.24. The van der Waals surface area contributed by atoms with Gasteiger partial charge in [-0.15, -0.1) is 6.58 Å². The van der Waals surface area contributed by atoms with Gasteiger partial charge in [0.25, 0.3) is 5.69 Å². The Balaban J connectivity index is 3.28. The van der Waals surface area contributed by atoms with Crippen molar-refractivity contribution in [1.29, 1.82) is 0 Å². The molecule has 74 valence electrons. The smallest absolute Gasteiger partial charge is 0.277 e. The average Bonchev–Trinajstić information content (AvgIpc) is 2.16. The third kappa shape index (κ3) is 1.94. The third-order valence-corrected chi connectivity index (χ3v) is 1.80. The molecule has 0 spiro atoms. The molecule has 1 atom stereocenters. The lowest BCUT2D eigenvalue weighted by atomic mass is 10.1. The van der Waals surface area contributed by atoms with Crippen molar-refractivity contribution in [2.45, 2.75) is 6.04 Å². The van der Waals surface area contributed by atoms with Gasteiger partial charge in [0.15, 0.2) is 0 Å². The predicted molar refractivity (Wildman–Crippen MR) is 50.2 cm³/mol. The number of nitro groups is 1. The van der Waals surface area contributed by atoms with Gasteiger partial charge >= 0.3 is 0 Å².